The van der Waals surface area contributed by atoms with Gasteiger partial charge in [0.1, 0.15) is 5.69 Å². The van der Waals surface area contributed by atoms with E-state index in [4.69, 9.17) is 21.9 Å². The second kappa shape index (κ2) is 5.83. The second-order valence-corrected chi connectivity index (χ2v) is 6.61. The molecule has 0 unspecified atom stereocenters. The van der Waals surface area contributed by atoms with E-state index in [0.717, 1.165) is 25.6 Å². The van der Waals surface area contributed by atoms with Crippen LogP contribution in [0.2, 0.25) is 5.02 Å². The maximum Gasteiger partial charge on any atom is 0.230 e. The van der Waals surface area contributed by atoms with Gasteiger partial charge in [0.05, 0.1) is 5.56 Å². The van der Waals surface area contributed by atoms with Crippen molar-refractivity contribution in [3.05, 3.63) is 56.4 Å². The summed E-state index contributed by atoms with van der Waals surface area (Å²) in [6, 6.07) is 13.3. The minimum absolute atomic E-state index is 0.263. The predicted molar refractivity (Wildman–Crippen MR) is 92.2 cm³/mol. The fourth-order valence-electron chi connectivity index (χ4n) is 2.09. The molecular weight excluding hydrogens is 419 g/mol. The number of nitrogen functional groups attached to an aromatic ring is 1. The highest BCUT2D eigenvalue weighted by Crippen LogP contribution is 2.40. The third-order valence-electron chi connectivity index (χ3n) is 3.02. The van der Waals surface area contributed by atoms with Gasteiger partial charge in [-0.05, 0) is 35.9 Å². The number of rotatable bonds is 2. The molecule has 0 aliphatic rings. The van der Waals surface area contributed by atoms with Gasteiger partial charge in [-0.3, -0.25) is 0 Å². The Kier molecular flexibility index (Phi) is 4.06. The maximum atomic E-state index is 6.06. The predicted octanol–water partition coefficient (Wildman–Crippen LogP) is 5.77. The van der Waals surface area contributed by atoms with Crippen LogP contribution in [0.5, 0.6) is 0 Å². The van der Waals surface area contributed by atoms with Crippen LogP contribution in [0, 0.1) is 0 Å². The van der Waals surface area contributed by atoms with Crippen molar-refractivity contribution in [2.45, 2.75) is 0 Å². The minimum Gasteiger partial charge on any atom is -0.367 e. The van der Waals surface area contributed by atoms with E-state index in [2.05, 4.69) is 37.0 Å². The van der Waals surface area contributed by atoms with E-state index < -0.39 is 0 Å². The standard InChI is InChI=1S/C15H9Br2ClN2O/c16-9-4-5-12(17)11(7-9)14-13(15(19)21-20-14)8-2-1-3-10(18)6-8/h1-7H,19H2. The second-order valence-electron chi connectivity index (χ2n) is 4.40. The Bertz CT molecular complexity index is 817. The smallest absolute Gasteiger partial charge is 0.230 e. The molecule has 0 spiro atoms. The van der Waals surface area contributed by atoms with Crippen molar-refractivity contribution in [2.24, 2.45) is 0 Å². The van der Waals surface area contributed by atoms with Crippen LogP contribution in [-0.4, -0.2) is 5.16 Å². The van der Waals surface area contributed by atoms with Crippen LogP contribution in [0.4, 0.5) is 5.88 Å². The summed E-state index contributed by atoms with van der Waals surface area (Å²) < 4.78 is 7.04. The molecule has 0 saturated heterocycles. The lowest BCUT2D eigenvalue weighted by Crippen LogP contribution is -1.88. The fraction of sp³-hybridized carbons (Fsp3) is 0. The molecule has 2 N–H and O–H groups in total. The Morgan fingerprint density at radius 3 is 2.67 bits per heavy atom. The summed E-state index contributed by atoms with van der Waals surface area (Å²) in [5, 5.41) is 4.73. The van der Waals surface area contributed by atoms with Gasteiger partial charge in [-0.25, -0.2) is 0 Å². The first-order valence-electron chi connectivity index (χ1n) is 6.03. The summed E-state index contributed by atoms with van der Waals surface area (Å²) in [7, 11) is 0. The van der Waals surface area contributed by atoms with Crippen LogP contribution in [-0.2, 0) is 0 Å². The first-order valence-corrected chi connectivity index (χ1v) is 7.99. The quantitative estimate of drug-likeness (QED) is 0.564. The Hall–Kier alpha value is -1.30. The number of hydrogen-bond donors (Lipinski definition) is 1. The van der Waals surface area contributed by atoms with Crippen LogP contribution < -0.4 is 5.73 Å². The van der Waals surface area contributed by atoms with Gasteiger partial charge in [0.25, 0.3) is 0 Å². The normalized spacial score (nSPS) is 10.8. The van der Waals surface area contributed by atoms with E-state index in [9.17, 15) is 0 Å². The van der Waals surface area contributed by atoms with Gasteiger partial charge in [0.2, 0.25) is 5.88 Å². The Labute approximate surface area is 143 Å². The molecule has 3 nitrogen and oxygen atoms in total. The van der Waals surface area contributed by atoms with Crippen molar-refractivity contribution in [1.29, 1.82) is 0 Å². The van der Waals surface area contributed by atoms with Crippen LogP contribution in [0.15, 0.2) is 55.9 Å². The highest BCUT2D eigenvalue weighted by molar-refractivity contribution is 9.11. The Balaban J connectivity index is 2.24. The lowest BCUT2D eigenvalue weighted by Gasteiger charge is -2.06. The molecule has 0 aliphatic heterocycles. The van der Waals surface area contributed by atoms with Gasteiger partial charge in [-0.2, -0.15) is 0 Å². The van der Waals surface area contributed by atoms with Crippen LogP contribution in [0.3, 0.4) is 0 Å². The molecule has 1 aromatic heterocycles. The number of halogens is 3. The number of nitrogens with two attached hydrogens (primary N) is 1. The van der Waals surface area contributed by atoms with Gasteiger partial charge < -0.3 is 10.3 Å². The minimum atomic E-state index is 0.263. The molecule has 0 saturated carbocycles. The van der Waals surface area contributed by atoms with Crippen molar-refractivity contribution in [1.82, 2.24) is 5.16 Å². The molecule has 0 fully saturated rings. The summed E-state index contributed by atoms with van der Waals surface area (Å²) in [5.74, 6) is 0.263. The zero-order chi connectivity index (χ0) is 15.0. The molecule has 6 heteroatoms. The molecular formula is C15H9Br2ClN2O. The zero-order valence-corrected chi connectivity index (χ0v) is 14.5. The number of aromatic nitrogens is 1. The van der Waals surface area contributed by atoms with E-state index >= 15 is 0 Å². The highest BCUT2D eigenvalue weighted by Gasteiger charge is 2.19. The molecule has 0 bridgehead atoms. The summed E-state index contributed by atoms with van der Waals surface area (Å²) in [6.45, 7) is 0. The lowest BCUT2D eigenvalue weighted by atomic mass is 10.0. The molecule has 0 amide bonds. The largest absolute Gasteiger partial charge is 0.367 e. The molecule has 3 rings (SSSR count). The molecule has 0 radical (unpaired) electrons. The van der Waals surface area contributed by atoms with E-state index in [1.54, 1.807) is 0 Å². The molecule has 21 heavy (non-hydrogen) atoms. The number of hydrogen-bond acceptors (Lipinski definition) is 3. The highest BCUT2D eigenvalue weighted by atomic mass is 79.9. The van der Waals surface area contributed by atoms with E-state index in [-0.39, 0.29) is 5.88 Å². The molecule has 0 atom stereocenters. The van der Waals surface area contributed by atoms with Gasteiger partial charge in [-0.15, -0.1) is 0 Å². The van der Waals surface area contributed by atoms with Crippen molar-refractivity contribution in [3.8, 4) is 22.4 Å². The van der Waals surface area contributed by atoms with E-state index in [1.807, 2.05) is 42.5 Å². The Morgan fingerprint density at radius 2 is 1.90 bits per heavy atom. The van der Waals surface area contributed by atoms with E-state index in [0.29, 0.717) is 10.7 Å². The average Bonchev–Trinajstić information content (AvgIpc) is 2.83. The van der Waals surface area contributed by atoms with Gasteiger partial charge in [-0.1, -0.05) is 60.8 Å². The summed E-state index contributed by atoms with van der Waals surface area (Å²) >= 11 is 13.0. The van der Waals surface area contributed by atoms with Crippen molar-refractivity contribution >= 4 is 49.3 Å². The summed E-state index contributed by atoms with van der Waals surface area (Å²) in [5.41, 5.74) is 9.10. The van der Waals surface area contributed by atoms with Crippen LogP contribution in [0.1, 0.15) is 0 Å². The molecule has 106 valence electrons. The number of nitrogens with zero attached hydrogens (tertiary/aromatic N) is 1. The van der Waals surface area contributed by atoms with Gasteiger partial charge >= 0.3 is 0 Å². The number of anilines is 1. The summed E-state index contributed by atoms with van der Waals surface area (Å²) in [4.78, 5) is 0. The molecule has 3 aromatic rings. The van der Waals surface area contributed by atoms with Crippen molar-refractivity contribution < 1.29 is 4.52 Å². The van der Waals surface area contributed by atoms with Crippen LogP contribution in [0.25, 0.3) is 22.4 Å². The zero-order valence-electron chi connectivity index (χ0n) is 10.6. The third-order valence-corrected chi connectivity index (χ3v) is 4.44. The maximum absolute atomic E-state index is 6.06. The number of benzene rings is 2. The fourth-order valence-corrected chi connectivity index (χ4v) is 3.07. The van der Waals surface area contributed by atoms with Crippen molar-refractivity contribution in [2.75, 3.05) is 5.73 Å². The van der Waals surface area contributed by atoms with Crippen LogP contribution >= 0.6 is 43.5 Å². The topological polar surface area (TPSA) is 52.0 Å². The molecule has 0 aliphatic carbocycles. The van der Waals surface area contributed by atoms with Gasteiger partial charge in [0, 0.05) is 19.5 Å². The first-order chi connectivity index (χ1) is 10.1. The molecule has 2 aromatic carbocycles. The monoisotopic (exact) mass is 426 g/mol. The van der Waals surface area contributed by atoms with Gasteiger partial charge in [0.15, 0.2) is 0 Å². The Morgan fingerprint density at radius 1 is 1.10 bits per heavy atom. The third kappa shape index (κ3) is 2.86. The SMILES string of the molecule is Nc1onc(-c2cc(Br)ccc2Br)c1-c1cccc(Cl)c1. The lowest BCUT2D eigenvalue weighted by molar-refractivity contribution is 0.439. The van der Waals surface area contributed by atoms with E-state index in [1.165, 1.54) is 0 Å². The summed E-state index contributed by atoms with van der Waals surface area (Å²) in [6.07, 6.45) is 0. The van der Waals surface area contributed by atoms with Crippen molar-refractivity contribution in [3.63, 3.8) is 0 Å². The molecule has 1 heterocycles. The average molecular weight is 429 g/mol. The first kappa shape index (κ1) is 14.6.